The Labute approximate surface area is 82.6 Å². The molecule has 1 aliphatic heterocycles. The van der Waals surface area contributed by atoms with Crippen LogP contribution in [0.2, 0.25) is 0 Å². The summed E-state index contributed by atoms with van der Waals surface area (Å²) < 4.78 is 0.868. The van der Waals surface area contributed by atoms with E-state index in [0.717, 1.165) is 3.93 Å². The second kappa shape index (κ2) is 3.55. The average Bonchev–Trinajstić information content (AvgIpc) is 1.98. The van der Waals surface area contributed by atoms with Gasteiger partial charge in [-0.3, -0.25) is 4.79 Å². The Bertz CT molecular complexity index is 135. The van der Waals surface area contributed by atoms with E-state index in [-0.39, 0.29) is 42.0 Å². The fourth-order valence-corrected chi connectivity index (χ4v) is 0.654. The third-order valence-corrected chi connectivity index (χ3v) is 1.51. The van der Waals surface area contributed by atoms with Gasteiger partial charge >= 0.3 is 35.6 Å². The monoisotopic (exact) mass is 202 g/mol. The molecule has 0 radical (unpaired) electrons. The van der Waals surface area contributed by atoms with Crippen molar-refractivity contribution in [2.75, 3.05) is 6.54 Å². The minimum atomic E-state index is -0.394. The zero-order valence-electron chi connectivity index (χ0n) is 3.85. The predicted molar refractivity (Wildman–Crippen MR) is 36.3 cm³/mol. The first-order chi connectivity index (χ1) is 3.72. The second-order valence-corrected chi connectivity index (χ2v) is 2.04. The molecule has 0 atom stereocenters. The molecule has 0 aliphatic carbocycles. The van der Waals surface area contributed by atoms with Crippen molar-refractivity contribution in [2.24, 2.45) is 0 Å². The molecule has 9 heavy (non-hydrogen) atoms. The van der Waals surface area contributed by atoms with Crippen LogP contribution in [0, 0.1) is 0 Å². The van der Waals surface area contributed by atoms with E-state index in [0.29, 0.717) is 0 Å². The van der Waals surface area contributed by atoms with E-state index in [1.807, 2.05) is 0 Å². The first kappa shape index (κ1) is 9.42. The number of carbonyl (C=O) groups excluding carboxylic acids is 2. The van der Waals surface area contributed by atoms with Gasteiger partial charge in [-0.25, -0.2) is 4.79 Å². The summed E-state index contributed by atoms with van der Waals surface area (Å²) >= 11 is 2.74. The molecule has 0 aromatic heterocycles. The zero-order chi connectivity index (χ0) is 6.15. The van der Waals surface area contributed by atoms with E-state index < -0.39 is 6.03 Å². The quantitative estimate of drug-likeness (QED) is 0.318. The van der Waals surface area contributed by atoms with Crippen LogP contribution in [0.15, 0.2) is 0 Å². The van der Waals surface area contributed by atoms with Crippen LogP contribution < -0.4 is 5.32 Å². The molecule has 3 amide bonds. The summed E-state index contributed by atoms with van der Waals surface area (Å²) in [5.74, 6) is -0.255. The average molecular weight is 203 g/mol. The number of nitrogens with zero attached hydrogens (tertiary/aromatic N) is 1. The number of nitrogens with one attached hydrogen (secondary N) is 1. The normalized spacial score (nSPS) is 17.2. The van der Waals surface area contributed by atoms with Gasteiger partial charge in [0.2, 0.25) is 0 Å². The summed E-state index contributed by atoms with van der Waals surface area (Å²) in [4.78, 5) is 20.7. The molecule has 1 heterocycles. The first-order valence-corrected chi connectivity index (χ1v) is 2.69. The van der Waals surface area contributed by atoms with E-state index in [1.54, 1.807) is 0 Å². The molecule has 4 nitrogen and oxygen atoms in total. The van der Waals surface area contributed by atoms with Gasteiger partial charge in [0, 0.05) is 0 Å². The molecule has 1 saturated heterocycles. The molecule has 6 heteroatoms. The van der Waals surface area contributed by atoms with Crippen LogP contribution in [-0.4, -0.2) is 52.0 Å². The fraction of sp³-hybridized carbons (Fsp3) is 0.333. The van der Waals surface area contributed by atoms with E-state index in [9.17, 15) is 9.59 Å². The third kappa shape index (κ3) is 1.93. The molecule has 0 bridgehead atoms. The van der Waals surface area contributed by atoms with Gasteiger partial charge in [0.05, 0.1) is 16.1 Å². The number of rotatable bonds is 0. The number of carbonyl (C=O) groups is 2. The van der Waals surface area contributed by atoms with Crippen molar-refractivity contribution < 1.29 is 9.59 Å². The van der Waals surface area contributed by atoms with Crippen molar-refractivity contribution >= 4 is 57.6 Å². The first-order valence-electron chi connectivity index (χ1n) is 1.98. The van der Waals surface area contributed by atoms with Crippen LogP contribution >= 0.6 is 16.1 Å². The van der Waals surface area contributed by atoms with Crippen molar-refractivity contribution in [1.82, 2.24) is 9.24 Å². The van der Waals surface area contributed by atoms with Gasteiger partial charge in [-0.1, -0.05) is 0 Å². The van der Waals surface area contributed by atoms with Crippen LogP contribution in [-0.2, 0) is 4.79 Å². The van der Waals surface area contributed by atoms with Gasteiger partial charge in [-0.05, 0) is 0 Å². The van der Waals surface area contributed by atoms with Crippen LogP contribution in [0.5, 0.6) is 0 Å². The molecule has 46 valence electrons. The summed E-state index contributed by atoms with van der Waals surface area (Å²) in [7, 11) is 0. The topological polar surface area (TPSA) is 49.4 Å². The van der Waals surface area contributed by atoms with Crippen LogP contribution in [0.1, 0.15) is 0 Å². The van der Waals surface area contributed by atoms with Gasteiger partial charge in [-0.2, -0.15) is 3.93 Å². The van der Waals surface area contributed by atoms with Crippen LogP contribution in [0.25, 0.3) is 0 Å². The molecular weight excluding hydrogens is 199 g/mol. The van der Waals surface area contributed by atoms with Crippen molar-refractivity contribution in [2.45, 2.75) is 0 Å². The Hall–Kier alpha value is 0.420. The fourth-order valence-electron chi connectivity index (χ4n) is 0.403. The number of hydrogen-bond acceptors (Lipinski definition) is 2. The Balaban J connectivity index is 0.000000640. The Morgan fingerprint density at radius 1 is 1.56 bits per heavy atom. The zero-order valence-corrected chi connectivity index (χ0v) is 5.43. The van der Waals surface area contributed by atoms with Crippen LogP contribution in [0.3, 0.4) is 0 Å². The van der Waals surface area contributed by atoms with E-state index in [1.165, 1.54) is 0 Å². The minimum absolute atomic E-state index is 0. The molecule has 0 aromatic carbocycles. The maximum absolute atomic E-state index is 10.4. The molecule has 0 aromatic rings. The number of imide groups is 1. The number of halogens is 1. The van der Waals surface area contributed by atoms with Gasteiger partial charge in [0.1, 0.15) is 6.54 Å². The van der Waals surface area contributed by atoms with Gasteiger partial charge in [-0.15, -0.1) is 0 Å². The van der Waals surface area contributed by atoms with Gasteiger partial charge in [0.15, 0.2) is 0 Å². The molecule has 1 rings (SSSR count). The summed E-state index contributed by atoms with van der Waals surface area (Å²) in [6, 6.07) is -0.394. The third-order valence-electron chi connectivity index (χ3n) is 0.788. The van der Waals surface area contributed by atoms with Gasteiger partial charge < -0.3 is 5.32 Å². The second-order valence-electron chi connectivity index (χ2n) is 1.33. The number of amides is 3. The maximum atomic E-state index is 10.4. The molecule has 0 spiro atoms. The number of hydrogen-bond donors (Lipinski definition) is 1. The van der Waals surface area contributed by atoms with Crippen molar-refractivity contribution in [3.05, 3.63) is 0 Å². The van der Waals surface area contributed by atoms with Gasteiger partial charge in [0.25, 0.3) is 5.91 Å². The van der Waals surface area contributed by atoms with Crippen molar-refractivity contribution in [1.29, 1.82) is 0 Å². The Morgan fingerprint density at radius 3 is 2.22 bits per heavy atom. The van der Waals surface area contributed by atoms with E-state index in [4.69, 9.17) is 0 Å². The Kier molecular flexibility index (Phi) is 3.72. The molecule has 1 fully saturated rings. The molecular formula is C3H4BrN2NaO2. The van der Waals surface area contributed by atoms with E-state index >= 15 is 0 Å². The van der Waals surface area contributed by atoms with Crippen molar-refractivity contribution in [3.63, 3.8) is 0 Å². The standard InChI is InChI=1S/C3H3BrN2O2.Na.H/c4-6-2(7)1-5-3(6)8;;/h1H2,(H,5,8);;. The number of urea groups is 1. The molecule has 1 N–H and O–H groups in total. The van der Waals surface area contributed by atoms with E-state index in [2.05, 4.69) is 21.5 Å². The molecule has 0 saturated carbocycles. The summed E-state index contributed by atoms with van der Waals surface area (Å²) in [5, 5.41) is 2.31. The summed E-state index contributed by atoms with van der Waals surface area (Å²) in [6.45, 7) is 0.101. The predicted octanol–water partition coefficient (Wildman–Crippen LogP) is -0.800. The van der Waals surface area contributed by atoms with Crippen molar-refractivity contribution in [3.8, 4) is 0 Å². The summed E-state index contributed by atoms with van der Waals surface area (Å²) in [5.41, 5.74) is 0. The SMILES string of the molecule is O=C1CNC(=O)N1Br.[NaH]. The Morgan fingerprint density at radius 2 is 2.11 bits per heavy atom. The molecule has 0 unspecified atom stereocenters. The molecule has 1 aliphatic rings. The summed E-state index contributed by atoms with van der Waals surface area (Å²) in [6.07, 6.45) is 0. The van der Waals surface area contributed by atoms with Crippen LogP contribution in [0.4, 0.5) is 4.79 Å².